The fraction of sp³-hybridized carbons (Fsp3) is 0.625. The highest BCUT2D eigenvalue weighted by atomic mass is 32.2. The molecule has 0 bridgehead atoms. The molecule has 1 aliphatic heterocycles. The van der Waals surface area contributed by atoms with Crippen LogP contribution in [0.1, 0.15) is 0 Å². The van der Waals surface area contributed by atoms with Crippen molar-refractivity contribution in [3.8, 4) is 0 Å². The minimum atomic E-state index is 0.0943. The largest absolute Gasteiger partial charge is 0.282 e. The van der Waals surface area contributed by atoms with Crippen LogP contribution in [0, 0.1) is 0 Å². The van der Waals surface area contributed by atoms with Gasteiger partial charge in [0.1, 0.15) is 0 Å². The summed E-state index contributed by atoms with van der Waals surface area (Å²) in [6.07, 6.45) is 3.47. The summed E-state index contributed by atoms with van der Waals surface area (Å²) >= 11 is 7.11. The highest BCUT2D eigenvalue weighted by molar-refractivity contribution is 8.27. The van der Waals surface area contributed by atoms with Crippen LogP contribution in [-0.2, 0) is 4.79 Å². The first kappa shape index (κ1) is 11.9. The van der Waals surface area contributed by atoms with E-state index in [4.69, 9.17) is 0 Å². The molecule has 0 aromatic rings. The molecule has 0 spiro atoms. The third kappa shape index (κ3) is 3.81. The Hall–Kier alpha value is 0.810. The van der Waals surface area contributed by atoms with Gasteiger partial charge in [0, 0.05) is 16.1 Å². The lowest BCUT2D eigenvalue weighted by Crippen LogP contribution is -2.17. The molecule has 74 valence electrons. The van der Waals surface area contributed by atoms with Crippen LogP contribution >= 0.6 is 47.0 Å². The summed E-state index contributed by atoms with van der Waals surface area (Å²) in [5, 5.41) is 1.88. The van der Waals surface area contributed by atoms with E-state index in [1.165, 1.54) is 28.7 Å². The average Bonchev–Trinajstić information content (AvgIpc) is 2.66. The third-order valence-electron chi connectivity index (χ3n) is 1.58. The van der Waals surface area contributed by atoms with Gasteiger partial charge in [-0.1, -0.05) is 18.3 Å². The second kappa shape index (κ2) is 6.32. The van der Waals surface area contributed by atoms with Crippen LogP contribution in [0.15, 0.2) is 12.7 Å². The van der Waals surface area contributed by atoms with E-state index in [2.05, 4.69) is 12.8 Å². The van der Waals surface area contributed by atoms with Crippen molar-refractivity contribution in [3.63, 3.8) is 0 Å². The van der Waals surface area contributed by atoms with Gasteiger partial charge in [0.05, 0.1) is 4.58 Å². The molecule has 0 N–H and O–H groups in total. The van der Waals surface area contributed by atoms with Crippen molar-refractivity contribution in [2.45, 2.75) is 9.83 Å². The Morgan fingerprint density at radius 2 is 2.54 bits per heavy atom. The van der Waals surface area contributed by atoms with Crippen LogP contribution in [-0.4, -0.2) is 32.0 Å². The Kier molecular flexibility index (Phi) is 5.78. The molecule has 13 heavy (non-hydrogen) atoms. The van der Waals surface area contributed by atoms with Crippen LogP contribution in [0.25, 0.3) is 0 Å². The normalized spacial score (nSPS) is 24.2. The fourth-order valence-electron chi connectivity index (χ4n) is 0.943. The predicted octanol–water partition coefficient (Wildman–Crippen LogP) is 2.93. The van der Waals surface area contributed by atoms with Crippen LogP contribution in [0.2, 0.25) is 0 Å². The van der Waals surface area contributed by atoms with Crippen molar-refractivity contribution >= 4 is 52.2 Å². The molecule has 0 amide bonds. The summed E-state index contributed by atoms with van der Waals surface area (Å²) in [4.78, 5) is 11.2. The summed E-state index contributed by atoms with van der Waals surface area (Å²) in [6.45, 7) is 3.48. The Labute approximate surface area is 96.3 Å². The van der Waals surface area contributed by atoms with Crippen LogP contribution in [0.3, 0.4) is 0 Å². The van der Waals surface area contributed by atoms with Crippen molar-refractivity contribution in [2.24, 2.45) is 0 Å². The molecule has 1 fully saturated rings. The number of carbonyl (C=O) groups excluding carboxylic acids is 1. The van der Waals surface area contributed by atoms with E-state index in [-0.39, 0.29) is 5.12 Å². The SMILES string of the molecule is C=CC(=O)SC(SC)C1CSCS1. The molecule has 1 saturated heterocycles. The van der Waals surface area contributed by atoms with E-state index in [0.29, 0.717) is 9.83 Å². The highest BCUT2D eigenvalue weighted by Crippen LogP contribution is 2.40. The van der Waals surface area contributed by atoms with Crippen molar-refractivity contribution in [3.05, 3.63) is 12.7 Å². The first-order chi connectivity index (χ1) is 6.27. The highest BCUT2D eigenvalue weighted by Gasteiger charge is 2.27. The molecule has 0 aromatic carbocycles. The minimum Gasteiger partial charge on any atom is -0.282 e. The van der Waals surface area contributed by atoms with Crippen LogP contribution < -0.4 is 0 Å². The maximum atomic E-state index is 11.2. The summed E-state index contributed by atoms with van der Waals surface area (Å²) < 4.78 is 0.394. The second-order valence-electron chi connectivity index (χ2n) is 2.44. The lowest BCUT2D eigenvalue weighted by atomic mass is 10.5. The van der Waals surface area contributed by atoms with E-state index in [1.54, 1.807) is 11.8 Å². The lowest BCUT2D eigenvalue weighted by Gasteiger charge is -2.17. The van der Waals surface area contributed by atoms with Gasteiger partial charge in [-0.25, -0.2) is 0 Å². The molecular formula is C8H12OS4. The van der Waals surface area contributed by atoms with E-state index >= 15 is 0 Å². The van der Waals surface area contributed by atoms with Gasteiger partial charge in [0.25, 0.3) is 0 Å². The van der Waals surface area contributed by atoms with Gasteiger partial charge in [-0.2, -0.15) is 0 Å². The van der Waals surface area contributed by atoms with E-state index in [9.17, 15) is 4.79 Å². The first-order valence-corrected chi connectivity index (χ1v) is 8.20. The van der Waals surface area contributed by atoms with Crippen molar-refractivity contribution in [2.75, 3.05) is 17.1 Å². The standard InChI is InChI=1S/C8H12OS4/c1-3-7(9)13-8(10-2)6-4-11-5-12-6/h3,6,8H,1,4-5H2,2H3. The molecule has 1 nitrogen and oxygen atoms in total. The molecule has 2 atom stereocenters. The topological polar surface area (TPSA) is 17.1 Å². The molecule has 0 aromatic heterocycles. The van der Waals surface area contributed by atoms with Crippen molar-refractivity contribution < 1.29 is 4.79 Å². The van der Waals surface area contributed by atoms with Gasteiger partial charge in [0.2, 0.25) is 5.12 Å². The van der Waals surface area contributed by atoms with Gasteiger partial charge in [-0.15, -0.1) is 35.3 Å². The molecule has 5 heteroatoms. The maximum absolute atomic E-state index is 11.2. The fourth-order valence-corrected chi connectivity index (χ4v) is 6.53. The predicted molar refractivity (Wildman–Crippen MR) is 68.8 cm³/mol. The third-order valence-corrected chi connectivity index (χ3v) is 7.43. The quantitative estimate of drug-likeness (QED) is 0.563. The summed E-state index contributed by atoms with van der Waals surface area (Å²) in [6, 6.07) is 0. The molecule has 1 heterocycles. The lowest BCUT2D eigenvalue weighted by molar-refractivity contribution is -0.107. The molecule has 0 aliphatic carbocycles. The smallest absolute Gasteiger partial charge is 0.212 e. The Morgan fingerprint density at radius 3 is 3.00 bits per heavy atom. The number of hydrogen-bond donors (Lipinski definition) is 0. The zero-order chi connectivity index (χ0) is 9.68. The Balaban J connectivity index is 2.41. The van der Waals surface area contributed by atoms with E-state index < -0.39 is 0 Å². The molecule has 0 saturated carbocycles. The maximum Gasteiger partial charge on any atom is 0.212 e. The number of carbonyl (C=O) groups is 1. The van der Waals surface area contributed by atoms with Gasteiger partial charge >= 0.3 is 0 Å². The summed E-state index contributed by atoms with van der Waals surface area (Å²) in [5.41, 5.74) is 0. The van der Waals surface area contributed by atoms with Gasteiger partial charge in [-0.3, -0.25) is 4.79 Å². The van der Waals surface area contributed by atoms with Crippen LogP contribution in [0.4, 0.5) is 0 Å². The number of rotatable bonds is 4. The second-order valence-corrected chi connectivity index (χ2v) is 7.49. The molecule has 2 unspecified atom stereocenters. The molecule has 1 aliphatic rings. The number of thioether (sulfide) groups is 4. The van der Waals surface area contributed by atoms with E-state index in [1.807, 2.05) is 23.5 Å². The number of hydrogen-bond acceptors (Lipinski definition) is 5. The zero-order valence-corrected chi connectivity index (χ0v) is 10.7. The Bertz CT molecular complexity index is 189. The van der Waals surface area contributed by atoms with Crippen molar-refractivity contribution in [1.82, 2.24) is 0 Å². The van der Waals surface area contributed by atoms with Gasteiger partial charge < -0.3 is 0 Å². The van der Waals surface area contributed by atoms with Crippen molar-refractivity contribution in [1.29, 1.82) is 0 Å². The average molecular weight is 252 g/mol. The molecule has 1 rings (SSSR count). The van der Waals surface area contributed by atoms with Gasteiger partial charge in [0.15, 0.2) is 0 Å². The molecule has 0 radical (unpaired) electrons. The Morgan fingerprint density at radius 1 is 1.77 bits per heavy atom. The summed E-state index contributed by atoms with van der Waals surface area (Å²) in [7, 11) is 0. The van der Waals surface area contributed by atoms with E-state index in [0.717, 1.165) is 0 Å². The molecular weight excluding hydrogens is 240 g/mol. The van der Waals surface area contributed by atoms with Gasteiger partial charge in [-0.05, 0) is 12.3 Å². The zero-order valence-electron chi connectivity index (χ0n) is 7.39. The monoisotopic (exact) mass is 252 g/mol. The summed E-state index contributed by atoms with van der Waals surface area (Å²) in [5.74, 6) is 1.17. The minimum absolute atomic E-state index is 0.0943. The van der Waals surface area contributed by atoms with Crippen LogP contribution in [0.5, 0.6) is 0 Å². The first-order valence-electron chi connectivity index (χ1n) is 3.83.